The molecule has 0 aliphatic carbocycles. The number of carbonyl (C=O) groups is 2. The summed E-state index contributed by atoms with van der Waals surface area (Å²) >= 11 is 0. The third-order valence-electron chi connectivity index (χ3n) is 5.71. The van der Waals surface area contributed by atoms with Crippen molar-refractivity contribution in [1.82, 2.24) is 4.90 Å². The van der Waals surface area contributed by atoms with Crippen LogP contribution in [-0.2, 0) is 19.7 Å². The number of amides is 1. The zero-order valence-corrected chi connectivity index (χ0v) is 21.0. The Hall–Kier alpha value is -2.59. The second kappa shape index (κ2) is 10.1. The Bertz CT molecular complexity index is 876. The van der Waals surface area contributed by atoms with E-state index in [1.807, 2.05) is 72.7 Å². The van der Waals surface area contributed by atoms with Crippen molar-refractivity contribution in [1.29, 1.82) is 5.26 Å². The Balaban J connectivity index is 2.03. The summed E-state index contributed by atoms with van der Waals surface area (Å²) in [4.78, 5) is 26.0. The van der Waals surface area contributed by atoms with Crippen LogP contribution in [0.4, 0.5) is 4.79 Å². The number of benzene rings is 1. The summed E-state index contributed by atoms with van der Waals surface area (Å²) in [7, 11) is 0. The van der Waals surface area contributed by atoms with Gasteiger partial charge in [-0.3, -0.25) is 4.79 Å². The summed E-state index contributed by atoms with van der Waals surface area (Å²) in [5, 5.41) is 20.5. The molecule has 2 rings (SSSR count). The van der Waals surface area contributed by atoms with Crippen LogP contribution in [0.2, 0.25) is 0 Å². The third kappa shape index (κ3) is 7.75. The number of aliphatic hydroxyl groups is 1. The van der Waals surface area contributed by atoms with Crippen LogP contribution in [0.15, 0.2) is 24.3 Å². The van der Waals surface area contributed by atoms with E-state index >= 15 is 0 Å². The zero-order chi connectivity index (χ0) is 25.0. The van der Waals surface area contributed by atoms with Crippen LogP contribution >= 0.6 is 0 Å². The minimum absolute atomic E-state index is 0.104. The van der Waals surface area contributed by atoms with Crippen LogP contribution in [0.25, 0.3) is 0 Å². The molecule has 0 radical (unpaired) electrons. The highest BCUT2D eigenvalue weighted by atomic mass is 16.6. The molecule has 1 aromatic rings. The molecule has 3 unspecified atom stereocenters. The molecule has 0 saturated carbocycles. The number of ether oxygens (including phenoxy) is 2. The van der Waals surface area contributed by atoms with Gasteiger partial charge in [-0.15, -0.1) is 0 Å². The van der Waals surface area contributed by atoms with Crippen molar-refractivity contribution in [3.63, 3.8) is 0 Å². The molecule has 0 bridgehead atoms. The van der Waals surface area contributed by atoms with E-state index in [1.54, 1.807) is 4.90 Å². The van der Waals surface area contributed by atoms with Gasteiger partial charge < -0.3 is 19.5 Å². The fraction of sp³-hybridized carbons (Fsp3) is 0.654. The first kappa shape index (κ1) is 26.7. The smallest absolute Gasteiger partial charge is 0.410 e. The van der Waals surface area contributed by atoms with Crippen LogP contribution in [0.3, 0.4) is 0 Å². The average molecular weight is 459 g/mol. The second-order valence-electron chi connectivity index (χ2n) is 11.0. The van der Waals surface area contributed by atoms with E-state index in [1.165, 1.54) is 0 Å². The molecule has 33 heavy (non-hydrogen) atoms. The number of piperidine rings is 1. The molecule has 1 heterocycles. The van der Waals surface area contributed by atoms with E-state index < -0.39 is 28.8 Å². The Kier molecular flexibility index (Phi) is 8.18. The van der Waals surface area contributed by atoms with E-state index in [4.69, 9.17) is 9.47 Å². The van der Waals surface area contributed by atoms with E-state index in [2.05, 4.69) is 6.07 Å². The zero-order valence-electron chi connectivity index (χ0n) is 21.0. The van der Waals surface area contributed by atoms with Crippen molar-refractivity contribution in [3.8, 4) is 6.07 Å². The number of likely N-dealkylation sites (tertiary alicyclic amines) is 1. The fourth-order valence-corrected chi connectivity index (χ4v) is 3.92. The molecule has 1 amide bonds. The summed E-state index contributed by atoms with van der Waals surface area (Å²) in [6.45, 7) is 13.4. The minimum atomic E-state index is -0.825. The number of nitrogens with zero attached hydrogens (tertiary/aromatic N) is 2. The second-order valence-corrected chi connectivity index (χ2v) is 11.0. The Morgan fingerprint density at radius 2 is 1.64 bits per heavy atom. The summed E-state index contributed by atoms with van der Waals surface area (Å²) in [6, 6.07) is 9.97. The van der Waals surface area contributed by atoms with Crippen molar-refractivity contribution < 1.29 is 24.2 Å². The van der Waals surface area contributed by atoms with Gasteiger partial charge in [0.1, 0.15) is 11.2 Å². The molecule has 1 N–H and O–H groups in total. The molecule has 1 aromatic carbocycles. The van der Waals surface area contributed by atoms with Crippen molar-refractivity contribution in [2.24, 2.45) is 0 Å². The molecule has 0 aromatic heterocycles. The predicted octanol–water partition coefficient (Wildman–Crippen LogP) is 4.68. The molecule has 1 aliphatic rings. The molecule has 0 spiro atoms. The van der Waals surface area contributed by atoms with Gasteiger partial charge in [-0.05, 0) is 72.4 Å². The lowest BCUT2D eigenvalue weighted by atomic mass is 9.78. The highest BCUT2D eigenvalue weighted by Gasteiger charge is 2.34. The average Bonchev–Trinajstić information content (AvgIpc) is 2.69. The Morgan fingerprint density at radius 3 is 2.12 bits per heavy atom. The molecule has 1 saturated heterocycles. The molecular formula is C26H38N2O5. The van der Waals surface area contributed by atoms with E-state index in [-0.39, 0.29) is 24.9 Å². The van der Waals surface area contributed by atoms with Gasteiger partial charge in [0.05, 0.1) is 24.1 Å². The topological polar surface area (TPSA) is 99.9 Å². The monoisotopic (exact) mass is 458 g/mol. The van der Waals surface area contributed by atoms with Gasteiger partial charge in [0.2, 0.25) is 0 Å². The number of hydrogen-bond donors (Lipinski definition) is 1. The van der Waals surface area contributed by atoms with Crippen molar-refractivity contribution in [2.45, 2.75) is 96.4 Å². The van der Waals surface area contributed by atoms with Crippen LogP contribution in [-0.4, -0.2) is 52.5 Å². The van der Waals surface area contributed by atoms with Crippen LogP contribution in [0.1, 0.15) is 84.8 Å². The first-order valence-electron chi connectivity index (χ1n) is 11.5. The van der Waals surface area contributed by atoms with Crippen molar-refractivity contribution in [2.75, 3.05) is 13.1 Å². The van der Waals surface area contributed by atoms with Crippen LogP contribution < -0.4 is 0 Å². The van der Waals surface area contributed by atoms with Gasteiger partial charge in [0.25, 0.3) is 0 Å². The molecule has 7 heteroatoms. The number of aliphatic hydroxyl groups excluding tert-OH is 1. The Labute approximate surface area is 197 Å². The van der Waals surface area contributed by atoms with Gasteiger partial charge in [0.15, 0.2) is 0 Å². The molecule has 1 aliphatic heterocycles. The number of β-amino-alcohol motifs (C(OH)–C–C–N with tert-alkyl or cyclic N) is 1. The highest BCUT2D eigenvalue weighted by Crippen LogP contribution is 2.33. The fourth-order valence-electron chi connectivity index (χ4n) is 3.92. The maximum Gasteiger partial charge on any atom is 0.410 e. The normalized spacial score (nSPS) is 21.0. The molecule has 3 atom stereocenters. The third-order valence-corrected chi connectivity index (χ3v) is 5.71. The van der Waals surface area contributed by atoms with Crippen molar-refractivity contribution in [3.05, 3.63) is 35.4 Å². The molecule has 7 nitrogen and oxygen atoms in total. The summed E-state index contributed by atoms with van der Waals surface area (Å²) in [6.07, 6.45) is 0.0183. The quantitative estimate of drug-likeness (QED) is 0.644. The van der Waals surface area contributed by atoms with Gasteiger partial charge in [-0.1, -0.05) is 24.3 Å². The molecule has 1 fully saturated rings. The van der Waals surface area contributed by atoms with Crippen LogP contribution in [0.5, 0.6) is 0 Å². The number of nitriles is 1. The summed E-state index contributed by atoms with van der Waals surface area (Å²) in [5.74, 6) is -0.423. The highest BCUT2D eigenvalue weighted by molar-refractivity contribution is 5.70. The standard InChI is InChI=1S/C26H38N2O5/c1-24(2,3)32-22(30)12-14-26(7,17-27)19-10-8-18(9-11-19)20-13-15-28(16-21(20)29)23(31)33-25(4,5)6/h8-11,20-21,29H,12-16H2,1-7H3. The predicted molar refractivity (Wildman–Crippen MR) is 126 cm³/mol. The first-order chi connectivity index (χ1) is 15.1. The number of hydrogen-bond acceptors (Lipinski definition) is 6. The van der Waals surface area contributed by atoms with E-state index in [0.29, 0.717) is 19.4 Å². The van der Waals surface area contributed by atoms with Crippen molar-refractivity contribution >= 4 is 12.1 Å². The van der Waals surface area contributed by atoms with Crippen LogP contribution in [0, 0.1) is 11.3 Å². The number of carbonyl (C=O) groups excluding carboxylic acids is 2. The minimum Gasteiger partial charge on any atom is -0.460 e. The first-order valence-corrected chi connectivity index (χ1v) is 11.5. The Morgan fingerprint density at radius 1 is 1.06 bits per heavy atom. The number of rotatable bonds is 5. The van der Waals surface area contributed by atoms with E-state index in [9.17, 15) is 20.0 Å². The summed E-state index contributed by atoms with van der Waals surface area (Å²) in [5.41, 5.74) is -0.179. The van der Waals surface area contributed by atoms with E-state index in [0.717, 1.165) is 11.1 Å². The summed E-state index contributed by atoms with van der Waals surface area (Å²) < 4.78 is 10.8. The maximum absolute atomic E-state index is 12.3. The molecular weight excluding hydrogens is 420 g/mol. The number of esters is 1. The largest absolute Gasteiger partial charge is 0.460 e. The van der Waals surface area contributed by atoms with Gasteiger partial charge in [-0.2, -0.15) is 5.26 Å². The lowest BCUT2D eigenvalue weighted by molar-refractivity contribution is -0.155. The van der Waals surface area contributed by atoms with Gasteiger partial charge in [0, 0.05) is 18.9 Å². The van der Waals surface area contributed by atoms with Gasteiger partial charge >= 0.3 is 12.1 Å². The molecule has 182 valence electrons. The maximum atomic E-state index is 12.3. The van der Waals surface area contributed by atoms with Gasteiger partial charge in [-0.25, -0.2) is 4.79 Å². The SMILES string of the molecule is CC(C)(C)OC(=O)CCC(C)(C#N)c1ccc(C2CCN(C(=O)OC(C)(C)C)CC2O)cc1. The lowest BCUT2D eigenvalue weighted by Gasteiger charge is -2.37. The lowest BCUT2D eigenvalue weighted by Crippen LogP contribution is -2.47.